The third-order valence-electron chi connectivity index (χ3n) is 5.54. The molecule has 0 radical (unpaired) electrons. The molecule has 1 aromatic carbocycles. The topological polar surface area (TPSA) is 109 Å². The first-order valence-corrected chi connectivity index (χ1v) is 11.2. The molecule has 2 amide bonds. The summed E-state index contributed by atoms with van der Waals surface area (Å²) in [5.41, 5.74) is 7.58. The lowest BCUT2D eigenvalue weighted by Crippen LogP contribution is -2.54. The zero-order chi connectivity index (χ0) is 21.8. The van der Waals surface area contributed by atoms with Crippen molar-refractivity contribution in [3.8, 4) is 0 Å². The number of carbonyl (C=O) groups is 2. The second kappa shape index (κ2) is 12.2. The number of rotatable bonds is 13. The van der Waals surface area contributed by atoms with Crippen LogP contribution in [0.25, 0.3) is 0 Å². The Hall–Kier alpha value is -2.57. The van der Waals surface area contributed by atoms with Crippen molar-refractivity contribution in [3.05, 3.63) is 35.4 Å². The molecule has 0 heterocycles. The van der Waals surface area contributed by atoms with Gasteiger partial charge >= 0.3 is 6.03 Å². The molecular weight excluding hydrogens is 378 g/mol. The summed E-state index contributed by atoms with van der Waals surface area (Å²) in [6.07, 6.45) is 8.02. The predicted octanol–water partition coefficient (Wildman–Crippen LogP) is 3.23. The minimum Gasteiger partial charge on any atom is -0.370 e. The van der Waals surface area contributed by atoms with E-state index in [1.54, 1.807) is 0 Å². The van der Waals surface area contributed by atoms with Gasteiger partial charge in [0.05, 0.1) is 12.1 Å². The molecule has 7 heteroatoms. The quantitative estimate of drug-likeness (QED) is 0.172. The standard InChI is InChI=1S/C23H37N5O2/c1-3-5-13-23(17-29,20-11-12-20)28-21(24)26-15-18-7-9-19(10-8-18)16-27-22(30)25-14-6-4-2/h7-10,17,20H,3-6,11-16H2,1-2H3,(H3,24,26,28)(H2,25,27,30). The maximum absolute atomic E-state index is 11.8. The Kier molecular flexibility index (Phi) is 9.64. The molecule has 1 atom stereocenters. The fraction of sp³-hybridized carbons (Fsp3) is 0.609. The highest BCUT2D eigenvalue weighted by Gasteiger charge is 2.45. The van der Waals surface area contributed by atoms with Crippen LogP contribution in [0.15, 0.2) is 29.3 Å². The molecule has 5 N–H and O–H groups in total. The minimum absolute atomic E-state index is 0.145. The van der Waals surface area contributed by atoms with Crippen LogP contribution in [0.5, 0.6) is 0 Å². The van der Waals surface area contributed by atoms with Gasteiger partial charge in [0.2, 0.25) is 0 Å². The van der Waals surface area contributed by atoms with Crippen molar-refractivity contribution in [1.82, 2.24) is 16.0 Å². The molecule has 0 bridgehead atoms. The zero-order valence-corrected chi connectivity index (χ0v) is 18.4. The average Bonchev–Trinajstić information content (AvgIpc) is 3.60. The van der Waals surface area contributed by atoms with E-state index in [2.05, 4.69) is 34.8 Å². The fourth-order valence-corrected chi connectivity index (χ4v) is 3.46. The molecule has 7 nitrogen and oxygen atoms in total. The summed E-state index contributed by atoms with van der Waals surface area (Å²) in [7, 11) is 0. The van der Waals surface area contributed by atoms with Gasteiger partial charge < -0.3 is 26.5 Å². The van der Waals surface area contributed by atoms with Crippen molar-refractivity contribution in [2.24, 2.45) is 16.6 Å². The lowest BCUT2D eigenvalue weighted by molar-refractivity contribution is -0.113. The van der Waals surface area contributed by atoms with E-state index in [-0.39, 0.29) is 6.03 Å². The van der Waals surface area contributed by atoms with Crippen LogP contribution in [0, 0.1) is 5.92 Å². The third-order valence-corrected chi connectivity index (χ3v) is 5.54. The number of guanidine groups is 1. The van der Waals surface area contributed by atoms with Crippen molar-refractivity contribution in [1.29, 1.82) is 0 Å². The number of aldehydes is 1. The van der Waals surface area contributed by atoms with E-state index in [0.717, 1.165) is 62.4 Å². The van der Waals surface area contributed by atoms with Crippen LogP contribution in [0.3, 0.4) is 0 Å². The van der Waals surface area contributed by atoms with Crippen LogP contribution in [-0.4, -0.2) is 30.4 Å². The molecule has 1 aliphatic rings. The average molecular weight is 416 g/mol. The van der Waals surface area contributed by atoms with Gasteiger partial charge in [0.15, 0.2) is 5.96 Å². The van der Waals surface area contributed by atoms with Gasteiger partial charge in [-0.25, -0.2) is 9.79 Å². The highest BCUT2D eigenvalue weighted by atomic mass is 16.2. The summed E-state index contributed by atoms with van der Waals surface area (Å²) in [6, 6.07) is 7.76. The molecule has 0 aromatic heterocycles. The van der Waals surface area contributed by atoms with Crippen LogP contribution in [0.1, 0.15) is 69.9 Å². The van der Waals surface area contributed by atoms with Gasteiger partial charge in [-0.2, -0.15) is 0 Å². The molecule has 30 heavy (non-hydrogen) atoms. The maximum atomic E-state index is 11.8. The van der Waals surface area contributed by atoms with E-state index in [4.69, 9.17) is 5.73 Å². The molecule has 1 aromatic rings. The number of aliphatic imine (C=N–C) groups is 1. The molecular formula is C23H37N5O2. The first kappa shape index (κ1) is 23.7. The van der Waals surface area contributed by atoms with Crippen LogP contribution < -0.4 is 21.7 Å². The normalized spacial score (nSPS) is 15.9. The van der Waals surface area contributed by atoms with E-state index in [0.29, 0.717) is 31.5 Å². The lowest BCUT2D eigenvalue weighted by atomic mass is 9.89. The predicted molar refractivity (Wildman–Crippen MR) is 121 cm³/mol. The number of nitrogens with two attached hydrogens (primary N) is 1. The lowest BCUT2D eigenvalue weighted by Gasteiger charge is -2.30. The van der Waals surface area contributed by atoms with Crippen LogP contribution in [0.2, 0.25) is 0 Å². The third kappa shape index (κ3) is 7.69. The summed E-state index contributed by atoms with van der Waals surface area (Å²) >= 11 is 0. The van der Waals surface area contributed by atoms with Crippen LogP contribution >= 0.6 is 0 Å². The number of hydrogen-bond donors (Lipinski definition) is 4. The molecule has 0 aliphatic heterocycles. The first-order chi connectivity index (χ1) is 14.5. The number of benzene rings is 1. The summed E-state index contributed by atoms with van der Waals surface area (Å²) in [5, 5.41) is 8.90. The molecule has 166 valence electrons. The van der Waals surface area contributed by atoms with Crippen LogP contribution in [-0.2, 0) is 17.9 Å². The van der Waals surface area contributed by atoms with E-state index >= 15 is 0 Å². The van der Waals surface area contributed by atoms with Gasteiger partial charge in [0, 0.05) is 13.1 Å². The molecule has 1 saturated carbocycles. The Morgan fingerprint density at radius 2 is 1.80 bits per heavy atom. The Balaban J connectivity index is 1.83. The Bertz CT molecular complexity index is 700. The van der Waals surface area contributed by atoms with E-state index in [1.165, 1.54) is 0 Å². The van der Waals surface area contributed by atoms with E-state index < -0.39 is 5.54 Å². The second-order valence-corrected chi connectivity index (χ2v) is 8.14. The summed E-state index contributed by atoms with van der Waals surface area (Å²) in [5.74, 6) is 0.681. The summed E-state index contributed by atoms with van der Waals surface area (Å²) in [6.45, 7) is 5.83. The maximum Gasteiger partial charge on any atom is 0.315 e. The first-order valence-electron chi connectivity index (χ1n) is 11.2. The van der Waals surface area contributed by atoms with Gasteiger partial charge in [-0.3, -0.25) is 0 Å². The van der Waals surface area contributed by atoms with Gasteiger partial charge in [-0.1, -0.05) is 57.4 Å². The number of urea groups is 1. The van der Waals surface area contributed by atoms with Crippen molar-refractivity contribution >= 4 is 18.3 Å². The SMILES string of the molecule is CCCCNC(=O)NCc1ccc(CN=C(N)NC(C=O)(CCCC)C2CC2)cc1. The highest BCUT2D eigenvalue weighted by Crippen LogP contribution is 2.41. The fourth-order valence-electron chi connectivity index (χ4n) is 3.46. The number of hydrogen-bond acceptors (Lipinski definition) is 3. The number of nitrogens with zero attached hydrogens (tertiary/aromatic N) is 1. The second-order valence-electron chi connectivity index (χ2n) is 8.14. The molecule has 2 rings (SSSR count). The minimum atomic E-state index is -0.573. The Morgan fingerprint density at radius 3 is 2.40 bits per heavy atom. The number of amides is 2. The Morgan fingerprint density at radius 1 is 1.13 bits per heavy atom. The van der Waals surface area contributed by atoms with Gasteiger partial charge in [0.1, 0.15) is 6.29 Å². The van der Waals surface area contributed by atoms with Crippen LogP contribution in [0.4, 0.5) is 4.79 Å². The van der Waals surface area contributed by atoms with Gasteiger partial charge in [-0.15, -0.1) is 0 Å². The highest BCUT2D eigenvalue weighted by molar-refractivity contribution is 5.83. The van der Waals surface area contributed by atoms with Crippen molar-refractivity contribution in [2.45, 2.75) is 77.4 Å². The summed E-state index contributed by atoms with van der Waals surface area (Å²) in [4.78, 5) is 28.0. The smallest absolute Gasteiger partial charge is 0.315 e. The number of unbranched alkanes of at least 4 members (excludes halogenated alkanes) is 2. The molecule has 0 spiro atoms. The van der Waals surface area contributed by atoms with E-state index in [9.17, 15) is 9.59 Å². The van der Waals surface area contributed by atoms with Crippen molar-refractivity contribution in [3.63, 3.8) is 0 Å². The van der Waals surface area contributed by atoms with Gasteiger partial charge in [0.25, 0.3) is 0 Å². The molecule has 1 fully saturated rings. The molecule has 1 aliphatic carbocycles. The number of nitrogens with one attached hydrogen (secondary N) is 3. The number of carbonyl (C=O) groups excluding carboxylic acids is 2. The van der Waals surface area contributed by atoms with Crippen molar-refractivity contribution in [2.75, 3.05) is 6.54 Å². The Labute approximate surface area is 180 Å². The largest absolute Gasteiger partial charge is 0.370 e. The monoisotopic (exact) mass is 415 g/mol. The molecule has 0 saturated heterocycles. The summed E-state index contributed by atoms with van der Waals surface area (Å²) < 4.78 is 0. The van der Waals surface area contributed by atoms with Crippen molar-refractivity contribution < 1.29 is 9.59 Å². The molecule has 1 unspecified atom stereocenters. The zero-order valence-electron chi connectivity index (χ0n) is 18.4. The van der Waals surface area contributed by atoms with E-state index in [1.807, 2.05) is 24.3 Å². The van der Waals surface area contributed by atoms with Gasteiger partial charge in [-0.05, 0) is 42.7 Å².